The third-order valence-corrected chi connectivity index (χ3v) is 1.34. The number of nitrogens with zero attached hydrogens (tertiary/aromatic N) is 1. The molecule has 0 aromatic heterocycles. The average molecular weight is 148 g/mol. The molecule has 2 heteroatoms. The first kappa shape index (κ1) is 7.79. The van der Waals surface area contributed by atoms with Crippen LogP contribution in [0.1, 0.15) is 12.0 Å². The maximum atomic E-state index is 8.09. The highest BCUT2D eigenvalue weighted by atomic mass is 16.4. The summed E-state index contributed by atoms with van der Waals surface area (Å²) in [7, 11) is 0. The molecule has 0 aliphatic rings. The number of oxime groups is 1. The molecule has 0 fully saturated rings. The van der Waals surface area contributed by atoms with Gasteiger partial charge >= 0.3 is 0 Å². The first-order valence-corrected chi connectivity index (χ1v) is 3.47. The van der Waals surface area contributed by atoms with Gasteiger partial charge in [0.25, 0.3) is 0 Å². The van der Waals surface area contributed by atoms with E-state index in [0.29, 0.717) is 6.42 Å². The normalized spacial score (nSPS) is 10.5. The van der Waals surface area contributed by atoms with Crippen molar-refractivity contribution in [2.75, 3.05) is 0 Å². The molecule has 1 aromatic rings. The minimum atomic E-state index is 0.667. The van der Waals surface area contributed by atoms with Crippen LogP contribution < -0.4 is 0 Å². The largest absolute Gasteiger partial charge is 0.411 e. The molecule has 0 unspecified atom stereocenters. The summed E-state index contributed by atoms with van der Waals surface area (Å²) in [6, 6.07) is 9.93. The van der Waals surface area contributed by atoms with Crippen LogP contribution in [0.15, 0.2) is 35.5 Å². The predicted molar refractivity (Wildman–Crippen MR) is 44.7 cm³/mol. The van der Waals surface area contributed by atoms with Gasteiger partial charge in [0.1, 0.15) is 0 Å². The number of hydrogen-bond donors (Lipinski definition) is 1. The molecule has 1 aromatic carbocycles. The van der Waals surface area contributed by atoms with Crippen molar-refractivity contribution in [3.8, 4) is 0 Å². The third-order valence-electron chi connectivity index (χ3n) is 1.34. The molecule has 57 valence electrons. The van der Waals surface area contributed by atoms with Crippen molar-refractivity contribution in [3.63, 3.8) is 0 Å². The van der Waals surface area contributed by atoms with Crippen LogP contribution in [-0.4, -0.2) is 11.4 Å². The second-order valence-electron chi connectivity index (χ2n) is 2.15. The van der Waals surface area contributed by atoms with Gasteiger partial charge in [0.05, 0.1) is 0 Å². The van der Waals surface area contributed by atoms with Crippen LogP contribution in [0.5, 0.6) is 0 Å². The lowest BCUT2D eigenvalue weighted by Gasteiger charge is -1.93. The monoisotopic (exact) mass is 148 g/mol. The van der Waals surface area contributed by atoms with E-state index in [0.717, 1.165) is 5.56 Å². The van der Waals surface area contributed by atoms with Crippen molar-refractivity contribution < 1.29 is 5.21 Å². The molecule has 0 aliphatic heterocycles. The Hall–Kier alpha value is -1.31. The number of rotatable bonds is 3. The highest BCUT2D eigenvalue weighted by Gasteiger charge is 1.88. The molecule has 11 heavy (non-hydrogen) atoms. The Kier molecular flexibility index (Phi) is 3.19. The Bertz CT molecular complexity index is 218. The van der Waals surface area contributed by atoms with Gasteiger partial charge in [0, 0.05) is 6.21 Å². The standard InChI is InChI=1S/C9H10NO/c11-10-8-4-7-9-5-2-1-3-6-9/h1-3,5-8,11H,4H2. The first-order chi connectivity index (χ1) is 5.43. The summed E-state index contributed by atoms with van der Waals surface area (Å²) in [4.78, 5) is 0. The van der Waals surface area contributed by atoms with Gasteiger partial charge in [-0.3, -0.25) is 0 Å². The fraction of sp³-hybridized carbons (Fsp3) is 0.111. The van der Waals surface area contributed by atoms with Gasteiger partial charge in [-0.1, -0.05) is 30.3 Å². The smallest absolute Gasteiger partial charge is 0.0442 e. The molecule has 0 bridgehead atoms. The van der Waals surface area contributed by atoms with Gasteiger partial charge < -0.3 is 5.21 Å². The second-order valence-corrected chi connectivity index (χ2v) is 2.15. The Morgan fingerprint density at radius 2 is 2.00 bits per heavy atom. The summed E-state index contributed by atoms with van der Waals surface area (Å²) in [6.45, 7) is 0. The van der Waals surface area contributed by atoms with Crippen LogP contribution in [0.2, 0.25) is 0 Å². The molecule has 0 atom stereocenters. The fourth-order valence-electron chi connectivity index (χ4n) is 0.825. The van der Waals surface area contributed by atoms with E-state index in [9.17, 15) is 0 Å². The summed E-state index contributed by atoms with van der Waals surface area (Å²) >= 11 is 0. The fourth-order valence-corrected chi connectivity index (χ4v) is 0.825. The summed E-state index contributed by atoms with van der Waals surface area (Å²) in [5.74, 6) is 0. The molecule has 0 spiro atoms. The van der Waals surface area contributed by atoms with Crippen LogP contribution in [0, 0.1) is 6.42 Å². The topological polar surface area (TPSA) is 32.6 Å². The summed E-state index contributed by atoms with van der Waals surface area (Å²) in [5.41, 5.74) is 1.15. The molecular weight excluding hydrogens is 138 g/mol. The van der Waals surface area contributed by atoms with Gasteiger partial charge in [-0.2, -0.15) is 0 Å². The summed E-state index contributed by atoms with van der Waals surface area (Å²) in [5, 5.41) is 11.0. The number of hydrogen-bond acceptors (Lipinski definition) is 2. The van der Waals surface area contributed by atoms with E-state index in [1.165, 1.54) is 6.21 Å². The van der Waals surface area contributed by atoms with E-state index in [1.54, 1.807) is 0 Å². The summed E-state index contributed by atoms with van der Waals surface area (Å²) < 4.78 is 0. The zero-order valence-electron chi connectivity index (χ0n) is 6.14. The van der Waals surface area contributed by atoms with Crippen molar-refractivity contribution in [2.45, 2.75) is 6.42 Å². The average Bonchev–Trinajstić information content (AvgIpc) is 2.07. The molecule has 1 radical (unpaired) electrons. The zero-order chi connectivity index (χ0) is 7.94. The van der Waals surface area contributed by atoms with Crippen LogP contribution in [0.25, 0.3) is 0 Å². The lowest BCUT2D eigenvalue weighted by atomic mass is 10.1. The SMILES string of the molecule is ON=CC[CH]c1ccccc1. The maximum absolute atomic E-state index is 8.09. The van der Waals surface area contributed by atoms with E-state index < -0.39 is 0 Å². The molecule has 0 saturated heterocycles. The quantitative estimate of drug-likeness (QED) is 0.397. The lowest BCUT2D eigenvalue weighted by Crippen LogP contribution is -1.81. The number of benzene rings is 1. The van der Waals surface area contributed by atoms with Gasteiger partial charge in [-0.05, 0) is 18.4 Å². The Labute approximate surface area is 66.2 Å². The highest BCUT2D eigenvalue weighted by molar-refractivity contribution is 5.59. The van der Waals surface area contributed by atoms with Gasteiger partial charge in [0.15, 0.2) is 0 Å². The van der Waals surface area contributed by atoms with Crippen LogP contribution in [0.4, 0.5) is 0 Å². The summed E-state index contributed by atoms with van der Waals surface area (Å²) in [6.07, 6.45) is 4.10. The molecule has 0 amide bonds. The molecule has 1 N–H and O–H groups in total. The van der Waals surface area contributed by atoms with E-state index in [-0.39, 0.29) is 0 Å². The maximum Gasteiger partial charge on any atom is 0.0442 e. The van der Waals surface area contributed by atoms with Gasteiger partial charge in [-0.15, -0.1) is 5.16 Å². The Balaban J connectivity index is 2.39. The van der Waals surface area contributed by atoms with Crippen LogP contribution >= 0.6 is 0 Å². The van der Waals surface area contributed by atoms with E-state index in [1.807, 2.05) is 36.8 Å². The third kappa shape index (κ3) is 2.85. The molecule has 2 nitrogen and oxygen atoms in total. The first-order valence-electron chi connectivity index (χ1n) is 3.47. The van der Waals surface area contributed by atoms with E-state index >= 15 is 0 Å². The van der Waals surface area contributed by atoms with Gasteiger partial charge in [-0.25, -0.2) is 0 Å². The molecular formula is C9H10NO. The molecule has 1 rings (SSSR count). The van der Waals surface area contributed by atoms with Crippen LogP contribution in [-0.2, 0) is 0 Å². The van der Waals surface area contributed by atoms with Crippen LogP contribution in [0.3, 0.4) is 0 Å². The van der Waals surface area contributed by atoms with Crippen molar-refractivity contribution in [1.82, 2.24) is 0 Å². The lowest BCUT2D eigenvalue weighted by molar-refractivity contribution is 0.321. The van der Waals surface area contributed by atoms with Crippen molar-refractivity contribution >= 4 is 6.21 Å². The Morgan fingerprint density at radius 1 is 1.27 bits per heavy atom. The van der Waals surface area contributed by atoms with Crippen molar-refractivity contribution in [3.05, 3.63) is 42.3 Å². The molecule has 0 saturated carbocycles. The zero-order valence-corrected chi connectivity index (χ0v) is 6.14. The van der Waals surface area contributed by atoms with Crippen molar-refractivity contribution in [2.24, 2.45) is 5.16 Å². The minimum absolute atomic E-state index is 0.667. The van der Waals surface area contributed by atoms with E-state index in [2.05, 4.69) is 5.16 Å². The molecule has 0 heterocycles. The van der Waals surface area contributed by atoms with E-state index in [4.69, 9.17) is 5.21 Å². The van der Waals surface area contributed by atoms with Gasteiger partial charge in [0.2, 0.25) is 0 Å². The second kappa shape index (κ2) is 4.50. The molecule has 0 aliphatic carbocycles. The highest BCUT2D eigenvalue weighted by Crippen LogP contribution is 2.02. The minimum Gasteiger partial charge on any atom is -0.411 e. The van der Waals surface area contributed by atoms with Crippen molar-refractivity contribution in [1.29, 1.82) is 0 Å². The Morgan fingerprint density at radius 3 is 2.64 bits per heavy atom. The predicted octanol–water partition coefficient (Wildman–Crippen LogP) is 2.09.